The Hall–Kier alpha value is -3.36. The van der Waals surface area contributed by atoms with Gasteiger partial charge in [0.2, 0.25) is 11.8 Å². The predicted molar refractivity (Wildman–Crippen MR) is 166 cm³/mol. The summed E-state index contributed by atoms with van der Waals surface area (Å²) in [5.41, 5.74) is 2.16. The topological polar surface area (TPSA) is 105 Å². The Morgan fingerprint density at radius 2 is 1.59 bits per heavy atom. The summed E-state index contributed by atoms with van der Waals surface area (Å²) in [5, 5.41) is 15.6. The number of carbonyl (C=O) groups excluding carboxylic acids is 3. The third kappa shape index (κ3) is 14.7. The first-order valence-corrected chi connectivity index (χ1v) is 15.3. The Labute approximate surface area is 248 Å². The fourth-order valence-corrected chi connectivity index (χ4v) is 5.23. The van der Waals surface area contributed by atoms with E-state index in [1.54, 1.807) is 17.8 Å². The van der Waals surface area contributed by atoms with E-state index in [1.807, 2.05) is 66.7 Å². The van der Waals surface area contributed by atoms with Gasteiger partial charge in [0.05, 0.1) is 24.6 Å². The number of thioether (sulfide) groups is 1. The van der Waals surface area contributed by atoms with Gasteiger partial charge in [-0.05, 0) is 43.2 Å². The fraction of sp³-hybridized carbons (Fsp3) is 0.424. The number of ether oxygens (including phenoxy) is 1. The molecule has 0 saturated carbocycles. The molecular weight excluding hydrogens is 536 g/mol. The fourth-order valence-electron chi connectivity index (χ4n) is 4.22. The summed E-state index contributed by atoms with van der Waals surface area (Å²) < 4.78 is 5.51. The Balaban J connectivity index is 1.96. The molecule has 0 spiro atoms. The quantitative estimate of drug-likeness (QED) is 0.109. The van der Waals surface area contributed by atoms with Crippen LogP contribution in [0.1, 0.15) is 49.7 Å². The highest BCUT2D eigenvalue weighted by Gasteiger charge is 2.25. The number of amides is 2. The van der Waals surface area contributed by atoms with Crippen molar-refractivity contribution in [1.29, 1.82) is 0 Å². The van der Waals surface area contributed by atoms with Gasteiger partial charge in [-0.3, -0.25) is 14.4 Å². The molecule has 222 valence electrons. The third-order valence-corrected chi connectivity index (χ3v) is 7.60. The average molecular weight is 581 g/mol. The summed E-state index contributed by atoms with van der Waals surface area (Å²) in [7, 11) is 0. The second kappa shape index (κ2) is 20.5. The second-order valence-corrected chi connectivity index (χ2v) is 11.0. The smallest absolute Gasteiger partial charge is 0.305 e. The van der Waals surface area contributed by atoms with Crippen LogP contribution in [-0.2, 0) is 31.3 Å². The number of aliphatic hydroxyl groups is 1. The van der Waals surface area contributed by atoms with Crippen LogP contribution in [0.15, 0.2) is 86.0 Å². The number of hydrogen-bond donors (Lipinski definition) is 3. The van der Waals surface area contributed by atoms with E-state index in [4.69, 9.17) is 4.74 Å². The first kappa shape index (κ1) is 33.8. The van der Waals surface area contributed by atoms with Crippen LogP contribution in [0.4, 0.5) is 0 Å². The summed E-state index contributed by atoms with van der Waals surface area (Å²) in [4.78, 5) is 38.4. The van der Waals surface area contributed by atoms with E-state index < -0.39 is 18.0 Å². The van der Waals surface area contributed by atoms with Crippen LogP contribution in [0.5, 0.6) is 0 Å². The molecule has 0 heterocycles. The lowest BCUT2D eigenvalue weighted by molar-refractivity contribution is -0.145. The van der Waals surface area contributed by atoms with E-state index in [1.165, 1.54) is 0 Å². The van der Waals surface area contributed by atoms with Crippen molar-refractivity contribution in [2.75, 3.05) is 19.0 Å². The van der Waals surface area contributed by atoms with Crippen LogP contribution in [0.3, 0.4) is 0 Å². The van der Waals surface area contributed by atoms with Crippen molar-refractivity contribution < 1.29 is 24.2 Å². The highest BCUT2D eigenvalue weighted by molar-refractivity contribution is 7.98. The minimum atomic E-state index is -0.639. The number of hydrogen-bond acceptors (Lipinski definition) is 6. The van der Waals surface area contributed by atoms with E-state index in [2.05, 4.69) is 23.8 Å². The van der Waals surface area contributed by atoms with E-state index in [-0.39, 0.29) is 37.4 Å². The lowest BCUT2D eigenvalue weighted by atomic mass is 9.98. The summed E-state index contributed by atoms with van der Waals surface area (Å²) >= 11 is 1.64. The standard InChI is InChI=1S/C33H44N2O5S/c1-3-5-6-13-19-32(38)40-23-30(25-41-24-27-17-11-8-12-18-27)35-33(39)28(14-4-2)21-31(37)34-29(22-36)20-26-15-9-7-10-16-26/h3-4,7-12,15-18,28-30,36H,1-2,5-6,13-14,19-25H2,(H,34,37)(H,35,39)/t28-,29+,30-/m1/s1. The van der Waals surface area contributed by atoms with Crippen molar-refractivity contribution >= 4 is 29.5 Å². The Kier molecular flexibility index (Phi) is 16.9. The zero-order valence-corrected chi connectivity index (χ0v) is 24.7. The largest absolute Gasteiger partial charge is 0.463 e. The molecule has 0 saturated heterocycles. The van der Waals surface area contributed by atoms with Crippen LogP contribution in [0, 0.1) is 5.92 Å². The summed E-state index contributed by atoms with van der Waals surface area (Å²) in [6.45, 7) is 7.30. The van der Waals surface area contributed by atoms with Gasteiger partial charge in [0.25, 0.3) is 0 Å². The summed E-state index contributed by atoms with van der Waals surface area (Å²) in [6.07, 6.45) is 6.97. The van der Waals surface area contributed by atoms with Crippen LogP contribution >= 0.6 is 11.8 Å². The minimum absolute atomic E-state index is 0.0455. The first-order valence-electron chi connectivity index (χ1n) is 14.2. The maximum atomic E-state index is 13.3. The predicted octanol–water partition coefficient (Wildman–Crippen LogP) is 5.00. The zero-order chi connectivity index (χ0) is 29.7. The first-order chi connectivity index (χ1) is 19.9. The van der Waals surface area contributed by atoms with Crippen LogP contribution in [-0.4, -0.2) is 53.9 Å². The number of rotatable bonds is 21. The van der Waals surface area contributed by atoms with Crippen molar-refractivity contribution in [1.82, 2.24) is 10.6 Å². The molecule has 3 atom stereocenters. The highest BCUT2D eigenvalue weighted by atomic mass is 32.2. The van der Waals surface area contributed by atoms with Gasteiger partial charge in [0.1, 0.15) is 6.61 Å². The van der Waals surface area contributed by atoms with Gasteiger partial charge in [0.15, 0.2) is 0 Å². The molecule has 0 aliphatic carbocycles. The molecule has 0 aliphatic rings. The van der Waals surface area contributed by atoms with Crippen molar-refractivity contribution in [2.45, 2.75) is 62.8 Å². The number of allylic oxidation sites excluding steroid dienone is 2. The molecule has 0 aromatic heterocycles. The lowest BCUT2D eigenvalue weighted by Gasteiger charge is -2.23. The Bertz CT molecular complexity index is 1060. The number of benzene rings is 2. The number of unbranched alkanes of at least 4 members (excludes halogenated alkanes) is 2. The minimum Gasteiger partial charge on any atom is -0.463 e. The molecular formula is C33H44N2O5S. The van der Waals surface area contributed by atoms with Crippen molar-refractivity contribution in [3.05, 3.63) is 97.1 Å². The molecule has 2 amide bonds. The molecule has 0 unspecified atom stereocenters. The van der Waals surface area contributed by atoms with Crippen molar-refractivity contribution in [3.63, 3.8) is 0 Å². The van der Waals surface area contributed by atoms with Crippen LogP contribution in [0.25, 0.3) is 0 Å². The van der Waals surface area contributed by atoms with Gasteiger partial charge in [-0.1, -0.05) is 72.8 Å². The molecule has 2 aromatic carbocycles. The molecule has 0 aliphatic heterocycles. The number of carbonyl (C=O) groups is 3. The maximum Gasteiger partial charge on any atom is 0.305 e. The van der Waals surface area contributed by atoms with Gasteiger partial charge in [-0.15, -0.1) is 13.2 Å². The summed E-state index contributed by atoms with van der Waals surface area (Å²) in [5.74, 6) is -0.248. The van der Waals surface area contributed by atoms with Gasteiger partial charge < -0.3 is 20.5 Å². The van der Waals surface area contributed by atoms with Crippen molar-refractivity contribution in [2.24, 2.45) is 5.92 Å². The van der Waals surface area contributed by atoms with Crippen LogP contribution in [0.2, 0.25) is 0 Å². The van der Waals surface area contributed by atoms with Gasteiger partial charge >= 0.3 is 5.97 Å². The lowest BCUT2D eigenvalue weighted by Crippen LogP contribution is -2.45. The molecule has 2 rings (SSSR count). The van der Waals surface area contributed by atoms with E-state index in [0.717, 1.165) is 36.1 Å². The molecule has 0 fully saturated rings. The van der Waals surface area contributed by atoms with Gasteiger partial charge in [-0.25, -0.2) is 0 Å². The summed E-state index contributed by atoms with van der Waals surface area (Å²) in [6, 6.07) is 18.7. The monoisotopic (exact) mass is 580 g/mol. The highest BCUT2D eigenvalue weighted by Crippen LogP contribution is 2.16. The van der Waals surface area contributed by atoms with Crippen LogP contribution < -0.4 is 10.6 Å². The molecule has 0 radical (unpaired) electrons. The second-order valence-electron chi connectivity index (χ2n) is 9.99. The molecule has 3 N–H and O–H groups in total. The van der Waals surface area contributed by atoms with E-state index in [9.17, 15) is 19.5 Å². The van der Waals surface area contributed by atoms with E-state index >= 15 is 0 Å². The zero-order valence-electron chi connectivity index (χ0n) is 23.8. The van der Waals surface area contributed by atoms with Gasteiger partial charge in [-0.2, -0.15) is 11.8 Å². The number of esters is 1. The Morgan fingerprint density at radius 1 is 0.902 bits per heavy atom. The normalized spacial score (nSPS) is 12.9. The molecule has 2 aromatic rings. The third-order valence-electron chi connectivity index (χ3n) is 6.43. The van der Waals surface area contributed by atoms with Gasteiger partial charge in [0, 0.05) is 24.3 Å². The van der Waals surface area contributed by atoms with E-state index in [0.29, 0.717) is 25.0 Å². The van der Waals surface area contributed by atoms with Crippen molar-refractivity contribution in [3.8, 4) is 0 Å². The maximum absolute atomic E-state index is 13.3. The molecule has 0 bridgehead atoms. The molecule has 7 nitrogen and oxygen atoms in total. The molecule has 8 heteroatoms. The number of nitrogens with one attached hydrogen (secondary N) is 2. The SMILES string of the molecule is C=CCCCCC(=O)OC[C@H](CSCc1ccccc1)NC(=O)[C@H](CC=C)CC(=O)N[C@H](CO)Cc1ccccc1. The average Bonchev–Trinajstić information content (AvgIpc) is 2.98. The Morgan fingerprint density at radius 3 is 2.22 bits per heavy atom. The molecule has 41 heavy (non-hydrogen) atoms. The number of aliphatic hydroxyl groups excluding tert-OH is 1.